The second-order valence-corrected chi connectivity index (χ2v) is 4.29. The fourth-order valence-corrected chi connectivity index (χ4v) is 1.74. The molecule has 0 saturated carbocycles. The van der Waals surface area contributed by atoms with Crippen molar-refractivity contribution >= 4 is 0 Å². The van der Waals surface area contributed by atoms with Gasteiger partial charge < -0.3 is 5.32 Å². The monoisotopic (exact) mass is 223 g/mol. The fraction of sp³-hybridized carbons (Fsp3) is 0.571. The topological polar surface area (TPSA) is 12.0 Å². The van der Waals surface area contributed by atoms with E-state index in [-0.39, 0.29) is 5.82 Å². The number of hydrogen-bond acceptors (Lipinski definition) is 1. The second-order valence-electron chi connectivity index (χ2n) is 4.29. The van der Waals surface area contributed by atoms with E-state index in [1.165, 1.54) is 37.8 Å². The molecule has 0 amide bonds. The second kappa shape index (κ2) is 7.39. The van der Waals surface area contributed by atoms with Crippen molar-refractivity contribution in [1.29, 1.82) is 0 Å². The Morgan fingerprint density at radius 1 is 1.12 bits per heavy atom. The highest BCUT2D eigenvalue weighted by atomic mass is 19.1. The molecule has 0 aliphatic heterocycles. The molecule has 0 aliphatic rings. The third-order valence-corrected chi connectivity index (χ3v) is 2.85. The number of unbranched alkanes of at least 4 members (excludes halogenated alkanes) is 3. The van der Waals surface area contributed by atoms with E-state index in [0.717, 1.165) is 12.1 Å². The van der Waals surface area contributed by atoms with Gasteiger partial charge >= 0.3 is 0 Å². The molecular weight excluding hydrogens is 201 g/mol. The van der Waals surface area contributed by atoms with Crippen molar-refractivity contribution in [2.45, 2.75) is 45.6 Å². The molecule has 0 radical (unpaired) electrons. The average Bonchev–Trinajstić information content (AvgIpc) is 2.29. The van der Waals surface area contributed by atoms with Crippen LogP contribution in [0.15, 0.2) is 24.3 Å². The van der Waals surface area contributed by atoms with Gasteiger partial charge in [-0.2, -0.15) is 0 Å². The molecule has 90 valence electrons. The molecule has 16 heavy (non-hydrogen) atoms. The van der Waals surface area contributed by atoms with Crippen LogP contribution in [0.1, 0.15) is 51.1 Å². The van der Waals surface area contributed by atoms with E-state index in [1.54, 1.807) is 0 Å². The number of halogens is 1. The zero-order valence-electron chi connectivity index (χ0n) is 10.3. The summed E-state index contributed by atoms with van der Waals surface area (Å²) in [5.74, 6) is -0.168. The van der Waals surface area contributed by atoms with Gasteiger partial charge in [0.05, 0.1) is 0 Å². The minimum Gasteiger partial charge on any atom is -0.310 e. The number of benzene rings is 1. The van der Waals surface area contributed by atoms with Gasteiger partial charge in [-0.1, -0.05) is 38.3 Å². The third-order valence-electron chi connectivity index (χ3n) is 2.85. The van der Waals surface area contributed by atoms with E-state index < -0.39 is 0 Å². The molecule has 0 fully saturated rings. The van der Waals surface area contributed by atoms with E-state index in [9.17, 15) is 4.39 Å². The lowest BCUT2D eigenvalue weighted by atomic mass is 10.1. The van der Waals surface area contributed by atoms with Crippen molar-refractivity contribution in [3.8, 4) is 0 Å². The van der Waals surface area contributed by atoms with E-state index in [4.69, 9.17) is 0 Å². The van der Waals surface area contributed by atoms with Crippen LogP contribution >= 0.6 is 0 Å². The van der Waals surface area contributed by atoms with Crippen molar-refractivity contribution in [2.24, 2.45) is 0 Å². The lowest BCUT2D eigenvalue weighted by Gasteiger charge is -2.14. The van der Waals surface area contributed by atoms with Crippen LogP contribution in [-0.2, 0) is 0 Å². The predicted molar refractivity (Wildman–Crippen MR) is 67.0 cm³/mol. The minimum atomic E-state index is -0.168. The molecule has 0 aliphatic carbocycles. The highest BCUT2D eigenvalue weighted by Gasteiger charge is 2.03. The van der Waals surface area contributed by atoms with Crippen LogP contribution < -0.4 is 5.32 Å². The molecule has 0 spiro atoms. The first kappa shape index (κ1) is 13.2. The van der Waals surface area contributed by atoms with Gasteiger partial charge in [0.2, 0.25) is 0 Å². The van der Waals surface area contributed by atoms with E-state index >= 15 is 0 Å². The van der Waals surface area contributed by atoms with E-state index in [1.807, 2.05) is 12.1 Å². The van der Waals surface area contributed by atoms with Gasteiger partial charge in [0.25, 0.3) is 0 Å². The first-order valence-corrected chi connectivity index (χ1v) is 6.23. The van der Waals surface area contributed by atoms with Crippen LogP contribution in [0.4, 0.5) is 4.39 Å². The number of hydrogen-bond donors (Lipinski definition) is 1. The van der Waals surface area contributed by atoms with Crippen LogP contribution in [0.25, 0.3) is 0 Å². The van der Waals surface area contributed by atoms with Gasteiger partial charge in [0.1, 0.15) is 5.82 Å². The Labute approximate surface area is 98.1 Å². The Hall–Kier alpha value is -0.890. The van der Waals surface area contributed by atoms with Crippen molar-refractivity contribution in [2.75, 3.05) is 6.54 Å². The van der Waals surface area contributed by atoms with Crippen LogP contribution in [0.5, 0.6) is 0 Å². The van der Waals surface area contributed by atoms with Crippen molar-refractivity contribution < 1.29 is 4.39 Å². The lowest BCUT2D eigenvalue weighted by Crippen LogP contribution is -2.19. The lowest BCUT2D eigenvalue weighted by molar-refractivity contribution is 0.535. The summed E-state index contributed by atoms with van der Waals surface area (Å²) in [4.78, 5) is 0. The van der Waals surface area contributed by atoms with Crippen molar-refractivity contribution in [3.63, 3.8) is 0 Å². The van der Waals surface area contributed by atoms with Crippen LogP contribution in [-0.4, -0.2) is 6.54 Å². The molecule has 1 atom stereocenters. The van der Waals surface area contributed by atoms with Gasteiger partial charge in [0.15, 0.2) is 0 Å². The van der Waals surface area contributed by atoms with Gasteiger partial charge in [-0.25, -0.2) is 4.39 Å². The molecule has 1 aromatic rings. The summed E-state index contributed by atoms with van der Waals surface area (Å²) >= 11 is 0. The molecule has 0 saturated heterocycles. The van der Waals surface area contributed by atoms with Crippen molar-refractivity contribution in [3.05, 3.63) is 35.6 Å². The van der Waals surface area contributed by atoms with Crippen molar-refractivity contribution in [1.82, 2.24) is 5.32 Å². The van der Waals surface area contributed by atoms with E-state index in [0.29, 0.717) is 6.04 Å². The molecule has 0 bridgehead atoms. The first-order valence-electron chi connectivity index (χ1n) is 6.23. The molecule has 0 heterocycles. The Morgan fingerprint density at radius 2 is 1.81 bits per heavy atom. The highest BCUT2D eigenvalue weighted by Crippen LogP contribution is 2.12. The maximum Gasteiger partial charge on any atom is 0.123 e. The van der Waals surface area contributed by atoms with Gasteiger partial charge in [-0.15, -0.1) is 0 Å². The number of rotatable bonds is 7. The summed E-state index contributed by atoms with van der Waals surface area (Å²) < 4.78 is 12.7. The minimum absolute atomic E-state index is 0.168. The maximum absolute atomic E-state index is 12.7. The summed E-state index contributed by atoms with van der Waals surface area (Å²) in [6, 6.07) is 7.04. The summed E-state index contributed by atoms with van der Waals surface area (Å²) in [6.45, 7) is 5.38. The van der Waals surface area contributed by atoms with Crippen LogP contribution in [0, 0.1) is 5.82 Å². The maximum atomic E-state index is 12.7. The quantitative estimate of drug-likeness (QED) is 0.687. The average molecular weight is 223 g/mol. The molecule has 1 nitrogen and oxygen atoms in total. The largest absolute Gasteiger partial charge is 0.310 e. The van der Waals surface area contributed by atoms with Crippen LogP contribution in [0.2, 0.25) is 0 Å². The summed E-state index contributed by atoms with van der Waals surface area (Å²) in [7, 11) is 0. The summed E-state index contributed by atoms with van der Waals surface area (Å²) in [5.41, 5.74) is 1.15. The molecule has 2 heteroatoms. The van der Waals surface area contributed by atoms with E-state index in [2.05, 4.69) is 19.2 Å². The zero-order valence-corrected chi connectivity index (χ0v) is 10.3. The van der Waals surface area contributed by atoms with Gasteiger partial charge in [0, 0.05) is 6.04 Å². The molecule has 0 aromatic heterocycles. The normalized spacial score (nSPS) is 12.7. The smallest absolute Gasteiger partial charge is 0.123 e. The standard InChI is InChI=1S/C14H22FN/c1-3-4-5-6-11-16-12(2)13-7-9-14(15)10-8-13/h7-10,12,16H,3-6,11H2,1-2H3/t12-/m0/s1. The summed E-state index contributed by atoms with van der Waals surface area (Å²) in [5, 5.41) is 3.45. The molecule has 1 rings (SSSR count). The highest BCUT2D eigenvalue weighted by molar-refractivity contribution is 5.19. The molecule has 1 aromatic carbocycles. The number of nitrogens with one attached hydrogen (secondary N) is 1. The van der Waals surface area contributed by atoms with Gasteiger partial charge in [-0.05, 0) is 37.6 Å². The SMILES string of the molecule is CCCCCCN[C@@H](C)c1ccc(F)cc1. The first-order chi connectivity index (χ1) is 7.74. The molecule has 1 N–H and O–H groups in total. The van der Waals surface area contributed by atoms with Gasteiger partial charge in [-0.3, -0.25) is 0 Å². The molecular formula is C14H22FN. The Bertz CT molecular complexity index is 281. The fourth-order valence-electron chi connectivity index (χ4n) is 1.74. The Morgan fingerprint density at radius 3 is 2.44 bits per heavy atom. The summed E-state index contributed by atoms with van der Waals surface area (Å²) in [6.07, 6.45) is 5.10. The predicted octanol–water partition coefficient (Wildman–Crippen LogP) is 4.06. The zero-order chi connectivity index (χ0) is 11.8. The molecule has 0 unspecified atom stereocenters. The van der Waals surface area contributed by atoms with Crippen LogP contribution in [0.3, 0.4) is 0 Å². The Balaban J connectivity index is 2.24. The third kappa shape index (κ3) is 4.75. The Kier molecular flexibility index (Phi) is 6.09.